The second kappa shape index (κ2) is 5.28. The molecule has 1 amide bonds. The number of fused-ring (bicyclic) bond motifs is 1. The summed E-state index contributed by atoms with van der Waals surface area (Å²) < 4.78 is 0. The third-order valence-corrected chi connectivity index (χ3v) is 4.03. The first-order valence-electron chi connectivity index (χ1n) is 5.93. The summed E-state index contributed by atoms with van der Waals surface area (Å²) in [5.74, 6) is -0.808. The molecule has 1 heterocycles. The highest BCUT2D eigenvalue weighted by Crippen LogP contribution is 2.29. The number of nitrogens with one attached hydrogen (secondary N) is 1. The van der Waals surface area contributed by atoms with Crippen molar-refractivity contribution < 1.29 is 4.79 Å². The summed E-state index contributed by atoms with van der Waals surface area (Å²) in [5.41, 5.74) is 1.13. The second-order valence-corrected chi connectivity index (χ2v) is 5.26. The first-order valence-corrected chi connectivity index (χ1v) is 6.75. The lowest BCUT2D eigenvalue weighted by atomic mass is 10.0. The fourth-order valence-corrected chi connectivity index (χ4v) is 2.99. The number of nitrogens with zero attached hydrogens (tertiary/aromatic N) is 2. The molecular formula is C12H15N3OS. The van der Waals surface area contributed by atoms with Gasteiger partial charge in [0.2, 0.25) is 5.91 Å². The van der Waals surface area contributed by atoms with E-state index < -0.39 is 5.92 Å². The summed E-state index contributed by atoms with van der Waals surface area (Å²) >= 11 is 1.55. The Bertz CT molecular complexity index is 437. The molecule has 0 bridgehead atoms. The van der Waals surface area contributed by atoms with Crippen molar-refractivity contribution >= 4 is 22.4 Å². The minimum atomic E-state index is -0.573. The van der Waals surface area contributed by atoms with Gasteiger partial charge in [-0.2, -0.15) is 5.26 Å². The van der Waals surface area contributed by atoms with Crippen LogP contribution in [-0.4, -0.2) is 10.9 Å². The summed E-state index contributed by atoms with van der Waals surface area (Å²) in [4.78, 5) is 17.4. The van der Waals surface area contributed by atoms with Crippen LogP contribution < -0.4 is 5.32 Å². The largest absolute Gasteiger partial charge is 0.301 e. The number of hydrogen-bond acceptors (Lipinski definition) is 4. The van der Waals surface area contributed by atoms with Gasteiger partial charge in [-0.3, -0.25) is 4.79 Å². The van der Waals surface area contributed by atoms with E-state index in [0.717, 1.165) is 18.5 Å². The zero-order chi connectivity index (χ0) is 12.3. The van der Waals surface area contributed by atoms with Gasteiger partial charge >= 0.3 is 0 Å². The molecule has 0 saturated heterocycles. The Morgan fingerprint density at radius 1 is 1.59 bits per heavy atom. The molecule has 17 heavy (non-hydrogen) atoms. The molecule has 0 radical (unpaired) electrons. The first kappa shape index (κ1) is 12.1. The van der Waals surface area contributed by atoms with Crippen LogP contribution >= 0.6 is 11.3 Å². The normalized spacial score (nSPS) is 15.8. The van der Waals surface area contributed by atoms with Gasteiger partial charge in [-0.1, -0.05) is 6.92 Å². The van der Waals surface area contributed by atoms with Crippen LogP contribution in [0.4, 0.5) is 5.13 Å². The number of thiazole rings is 1. The van der Waals surface area contributed by atoms with E-state index in [9.17, 15) is 4.79 Å². The molecule has 2 rings (SSSR count). The maximum absolute atomic E-state index is 11.7. The molecule has 1 aliphatic carbocycles. The van der Waals surface area contributed by atoms with Gasteiger partial charge in [0.15, 0.2) is 5.13 Å². The fraction of sp³-hybridized carbons (Fsp3) is 0.583. The summed E-state index contributed by atoms with van der Waals surface area (Å²) in [7, 11) is 0. The molecule has 0 spiro atoms. The number of nitriles is 1. The van der Waals surface area contributed by atoms with Gasteiger partial charge in [0, 0.05) is 4.88 Å². The zero-order valence-corrected chi connectivity index (χ0v) is 10.6. The summed E-state index contributed by atoms with van der Waals surface area (Å²) in [6, 6.07) is 2.00. The highest BCUT2D eigenvalue weighted by atomic mass is 32.1. The predicted octanol–water partition coefficient (Wildman–Crippen LogP) is 2.51. The average molecular weight is 249 g/mol. The molecule has 0 fully saturated rings. The Labute approximate surface area is 105 Å². The fourth-order valence-electron chi connectivity index (χ4n) is 1.93. The Hall–Kier alpha value is -1.41. The molecule has 1 atom stereocenters. The van der Waals surface area contributed by atoms with Crippen molar-refractivity contribution in [2.45, 2.75) is 39.0 Å². The molecule has 0 saturated carbocycles. The maximum atomic E-state index is 11.7. The van der Waals surface area contributed by atoms with Crippen LogP contribution in [0.2, 0.25) is 0 Å². The third-order valence-electron chi connectivity index (χ3n) is 2.96. The topological polar surface area (TPSA) is 65.8 Å². The number of aromatic nitrogens is 1. The lowest BCUT2D eigenvalue weighted by Crippen LogP contribution is -2.20. The Morgan fingerprint density at radius 2 is 2.35 bits per heavy atom. The maximum Gasteiger partial charge on any atom is 0.243 e. The first-order chi connectivity index (χ1) is 8.24. The van der Waals surface area contributed by atoms with Crippen molar-refractivity contribution in [3.63, 3.8) is 0 Å². The predicted molar refractivity (Wildman–Crippen MR) is 66.8 cm³/mol. The monoisotopic (exact) mass is 249 g/mol. The van der Waals surface area contributed by atoms with Crippen molar-refractivity contribution in [2.24, 2.45) is 5.92 Å². The summed E-state index contributed by atoms with van der Waals surface area (Å²) in [6.45, 7) is 1.83. The van der Waals surface area contributed by atoms with Crippen molar-refractivity contribution in [1.82, 2.24) is 4.98 Å². The smallest absolute Gasteiger partial charge is 0.243 e. The number of carbonyl (C=O) groups excluding carboxylic acids is 1. The van der Waals surface area contributed by atoms with E-state index in [4.69, 9.17) is 5.26 Å². The van der Waals surface area contributed by atoms with Crippen molar-refractivity contribution in [2.75, 3.05) is 5.32 Å². The zero-order valence-electron chi connectivity index (χ0n) is 9.82. The van der Waals surface area contributed by atoms with Crippen molar-refractivity contribution in [1.29, 1.82) is 5.26 Å². The van der Waals surface area contributed by atoms with E-state index in [-0.39, 0.29) is 5.91 Å². The Kier molecular flexibility index (Phi) is 3.75. The lowest BCUT2D eigenvalue weighted by Gasteiger charge is -2.06. The van der Waals surface area contributed by atoms with Crippen LogP contribution in [-0.2, 0) is 17.6 Å². The van der Waals surface area contributed by atoms with Gasteiger partial charge in [-0.25, -0.2) is 4.98 Å². The Balaban J connectivity index is 2.06. The highest BCUT2D eigenvalue weighted by Gasteiger charge is 2.19. The summed E-state index contributed by atoms with van der Waals surface area (Å²) in [5, 5.41) is 12.2. The molecule has 1 aromatic heterocycles. The minimum Gasteiger partial charge on any atom is -0.301 e. The molecule has 1 N–H and O–H groups in total. The number of aryl methyl sites for hydroxylation is 2. The van der Waals surface area contributed by atoms with Crippen molar-refractivity contribution in [3.05, 3.63) is 10.6 Å². The number of anilines is 1. The number of rotatable bonds is 3. The van der Waals surface area contributed by atoms with E-state index in [1.165, 1.54) is 17.7 Å². The van der Waals surface area contributed by atoms with E-state index >= 15 is 0 Å². The SMILES string of the molecule is CCC(C#N)C(=O)Nc1nc2c(s1)CCCC2. The van der Waals surface area contributed by atoms with Gasteiger partial charge < -0.3 is 5.32 Å². The molecular weight excluding hydrogens is 234 g/mol. The molecule has 0 aliphatic heterocycles. The summed E-state index contributed by atoms with van der Waals surface area (Å²) in [6.07, 6.45) is 5.00. The average Bonchev–Trinajstić information content (AvgIpc) is 2.72. The van der Waals surface area contributed by atoms with Crippen LogP contribution in [0.25, 0.3) is 0 Å². The van der Waals surface area contributed by atoms with Gasteiger partial charge in [0.1, 0.15) is 5.92 Å². The standard InChI is InChI=1S/C12H15N3OS/c1-2-8(7-13)11(16)15-12-14-9-5-3-4-6-10(9)17-12/h8H,2-6H2,1H3,(H,14,15,16). The number of hydrogen-bond donors (Lipinski definition) is 1. The van der Waals surface area contributed by atoms with Gasteiger partial charge in [-0.05, 0) is 32.1 Å². The van der Waals surface area contributed by atoms with Gasteiger partial charge in [-0.15, -0.1) is 11.3 Å². The quantitative estimate of drug-likeness (QED) is 0.895. The van der Waals surface area contributed by atoms with Gasteiger partial charge in [0.05, 0.1) is 11.8 Å². The molecule has 0 aromatic carbocycles. The van der Waals surface area contributed by atoms with E-state index in [2.05, 4.69) is 10.3 Å². The van der Waals surface area contributed by atoms with Crippen molar-refractivity contribution in [3.8, 4) is 6.07 Å². The van der Waals surface area contributed by atoms with Crippen LogP contribution in [0, 0.1) is 17.2 Å². The Morgan fingerprint density at radius 3 is 3.00 bits per heavy atom. The van der Waals surface area contributed by atoms with Crippen LogP contribution in [0.1, 0.15) is 36.8 Å². The molecule has 1 unspecified atom stereocenters. The van der Waals surface area contributed by atoms with E-state index in [0.29, 0.717) is 11.6 Å². The molecule has 1 aliphatic rings. The second-order valence-electron chi connectivity index (χ2n) is 4.18. The highest BCUT2D eigenvalue weighted by molar-refractivity contribution is 7.15. The molecule has 90 valence electrons. The number of carbonyl (C=O) groups is 1. The van der Waals surface area contributed by atoms with E-state index in [1.54, 1.807) is 11.3 Å². The lowest BCUT2D eigenvalue weighted by molar-refractivity contribution is -0.118. The molecule has 4 nitrogen and oxygen atoms in total. The minimum absolute atomic E-state index is 0.235. The van der Waals surface area contributed by atoms with Crippen LogP contribution in [0.3, 0.4) is 0 Å². The third kappa shape index (κ3) is 2.64. The van der Waals surface area contributed by atoms with Crippen LogP contribution in [0.15, 0.2) is 0 Å². The van der Waals surface area contributed by atoms with Crippen LogP contribution in [0.5, 0.6) is 0 Å². The molecule has 5 heteroatoms. The van der Waals surface area contributed by atoms with E-state index in [1.807, 2.05) is 13.0 Å². The number of amides is 1. The van der Waals surface area contributed by atoms with Gasteiger partial charge in [0.25, 0.3) is 0 Å². The molecule has 1 aromatic rings.